The topological polar surface area (TPSA) is 20.2 Å². The number of aryl methyl sites for hydroxylation is 1. The van der Waals surface area contributed by atoms with E-state index >= 15 is 0 Å². The Morgan fingerprint density at radius 1 is 1.07 bits per heavy atom. The molecule has 0 heterocycles. The Bertz CT molecular complexity index is 318. The number of phenolic OH excluding ortho intramolecular Hbond substituents is 1. The van der Waals surface area contributed by atoms with Crippen LogP contribution < -0.4 is 0 Å². The first-order chi connectivity index (χ1) is 6.72. The summed E-state index contributed by atoms with van der Waals surface area (Å²) < 4.78 is 0. The second-order valence-corrected chi connectivity index (χ2v) is 3.31. The van der Waals surface area contributed by atoms with Gasteiger partial charge in [-0.25, -0.2) is 0 Å². The molecule has 1 aromatic rings. The number of hydrogen-bond acceptors (Lipinski definition) is 1. The molecule has 1 nitrogen and oxygen atoms in total. The van der Waals surface area contributed by atoms with Crippen molar-refractivity contribution in [1.29, 1.82) is 0 Å². The maximum absolute atomic E-state index is 9.10. The summed E-state index contributed by atoms with van der Waals surface area (Å²) in [4.78, 5) is 0. The molecule has 0 radical (unpaired) electrons. The highest BCUT2D eigenvalue weighted by Gasteiger charge is 1.94. The smallest absolute Gasteiger partial charge is 0.118 e. The van der Waals surface area contributed by atoms with Gasteiger partial charge in [-0.05, 0) is 37.5 Å². The van der Waals surface area contributed by atoms with E-state index in [4.69, 9.17) is 5.11 Å². The fraction of sp³-hybridized carbons (Fsp3) is 0.231. The van der Waals surface area contributed by atoms with Crippen LogP contribution in [0.4, 0.5) is 0 Å². The molecule has 0 amide bonds. The predicted octanol–water partition coefficient (Wildman–Crippen LogP) is 3.51. The van der Waals surface area contributed by atoms with Gasteiger partial charge < -0.3 is 5.11 Å². The summed E-state index contributed by atoms with van der Waals surface area (Å²) in [6.45, 7) is 3.89. The molecule has 0 spiro atoms. The Morgan fingerprint density at radius 2 is 1.71 bits per heavy atom. The standard InChI is InChI=1S/C8H10O.C5H6/c1-6-4-3-5-8(9)7(6)2;1-2-4-5-3-1/h3-5,9H,1-2H3;1-4H,5H2. The summed E-state index contributed by atoms with van der Waals surface area (Å²) in [5.41, 5.74) is 2.10. The van der Waals surface area contributed by atoms with Gasteiger partial charge in [0.2, 0.25) is 0 Å². The molecule has 2 rings (SSSR count). The first-order valence-corrected chi connectivity index (χ1v) is 4.78. The Morgan fingerprint density at radius 3 is 2.07 bits per heavy atom. The van der Waals surface area contributed by atoms with Crippen molar-refractivity contribution >= 4 is 0 Å². The third-order valence-electron chi connectivity index (χ3n) is 2.23. The third-order valence-corrected chi connectivity index (χ3v) is 2.23. The largest absolute Gasteiger partial charge is 0.508 e. The highest BCUT2D eigenvalue weighted by Crippen LogP contribution is 2.17. The van der Waals surface area contributed by atoms with Crippen LogP contribution >= 0.6 is 0 Å². The van der Waals surface area contributed by atoms with E-state index in [0.717, 1.165) is 17.5 Å². The van der Waals surface area contributed by atoms with Gasteiger partial charge >= 0.3 is 0 Å². The van der Waals surface area contributed by atoms with Crippen molar-refractivity contribution in [3.05, 3.63) is 53.6 Å². The van der Waals surface area contributed by atoms with Gasteiger partial charge in [0.1, 0.15) is 5.75 Å². The zero-order valence-corrected chi connectivity index (χ0v) is 8.70. The molecular weight excluding hydrogens is 172 g/mol. The van der Waals surface area contributed by atoms with Crippen LogP contribution in [0.1, 0.15) is 17.5 Å². The molecule has 0 saturated carbocycles. The minimum atomic E-state index is 0.384. The van der Waals surface area contributed by atoms with Crippen LogP contribution in [-0.4, -0.2) is 5.11 Å². The van der Waals surface area contributed by atoms with Crippen LogP contribution in [0.5, 0.6) is 5.75 Å². The summed E-state index contributed by atoms with van der Waals surface area (Å²) >= 11 is 0. The predicted molar refractivity (Wildman–Crippen MR) is 60.5 cm³/mol. The molecule has 1 N–H and O–H groups in total. The van der Waals surface area contributed by atoms with Crippen LogP contribution in [0.2, 0.25) is 0 Å². The van der Waals surface area contributed by atoms with Crippen LogP contribution in [0.25, 0.3) is 0 Å². The van der Waals surface area contributed by atoms with Gasteiger partial charge in [-0.15, -0.1) is 0 Å². The molecule has 14 heavy (non-hydrogen) atoms. The summed E-state index contributed by atoms with van der Waals surface area (Å²) in [5.74, 6) is 0.384. The Balaban J connectivity index is 0.000000165. The Kier molecular flexibility index (Phi) is 3.99. The van der Waals surface area contributed by atoms with Gasteiger partial charge in [0.25, 0.3) is 0 Å². The van der Waals surface area contributed by atoms with Gasteiger partial charge in [-0.1, -0.05) is 36.4 Å². The summed E-state index contributed by atoms with van der Waals surface area (Å²) in [6.07, 6.45) is 9.50. The molecule has 0 fully saturated rings. The average Bonchev–Trinajstić information content (AvgIpc) is 2.72. The molecule has 1 aromatic carbocycles. The third kappa shape index (κ3) is 3.09. The van der Waals surface area contributed by atoms with E-state index in [1.807, 2.05) is 26.0 Å². The van der Waals surface area contributed by atoms with Crippen molar-refractivity contribution in [1.82, 2.24) is 0 Å². The lowest BCUT2D eigenvalue weighted by Crippen LogP contribution is -1.78. The van der Waals surface area contributed by atoms with Gasteiger partial charge in [-0.2, -0.15) is 0 Å². The van der Waals surface area contributed by atoms with Gasteiger partial charge in [-0.3, -0.25) is 0 Å². The number of benzene rings is 1. The molecule has 1 heteroatoms. The van der Waals surface area contributed by atoms with E-state index in [-0.39, 0.29) is 0 Å². The second-order valence-electron chi connectivity index (χ2n) is 3.31. The minimum Gasteiger partial charge on any atom is -0.508 e. The van der Waals surface area contributed by atoms with Gasteiger partial charge in [0.15, 0.2) is 0 Å². The molecule has 1 aliphatic carbocycles. The molecule has 0 atom stereocenters. The number of hydrogen-bond donors (Lipinski definition) is 1. The van der Waals surface area contributed by atoms with Gasteiger partial charge in [0, 0.05) is 0 Å². The molecule has 0 aromatic heterocycles. The van der Waals surface area contributed by atoms with Gasteiger partial charge in [0.05, 0.1) is 0 Å². The zero-order chi connectivity index (χ0) is 10.4. The van der Waals surface area contributed by atoms with Crippen LogP contribution in [0, 0.1) is 13.8 Å². The highest BCUT2D eigenvalue weighted by atomic mass is 16.3. The molecule has 74 valence electrons. The van der Waals surface area contributed by atoms with E-state index in [1.54, 1.807) is 6.07 Å². The maximum Gasteiger partial charge on any atom is 0.118 e. The van der Waals surface area contributed by atoms with E-state index in [9.17, 15) is 0 Å². The van der Waals surface area contributed by atoms with Crippen molar-refractivity contribution in [2.24, 2.45) is 0 Å². The van der Waals surface area contributed by atoms with Crippen molar-refractivity contribution in [3.63, 3.8) is 0 Å². The number of phenols is 1. The number of rotatable bonds is 0. The number of aromatic hydroxyl groups is 1. The van der Waals surface area contributed by atoms with Crippen LogP contribution in [-0.2, 0) is 0 Å². The first-order valence-electron chi connectivity index (χ1n) is 4.78. The Labute approximate surface area is 85.4 Å². The molecular formula is C13H16O. The minimum absolute atomic E-state index is 0.384. The molecule has 0 unspecified atom stereocenters. The van der Waals surface area contributed by atoms with Crippen molar-refractivity contribution in [3.8, 4) is 5.75 Å². The Hall–Kier alpha value is -1.50. The maximum atomic E-state index is 9.10. The van der Waals surface area contributed by atoms with E-state index < -0.39 is 0 Å². The SMILES string of the molecule is C1=CCC=C1.Cc1cccc(O)c1C. The van der Waals surface area contributed by atoms with Crippen molar-refractivity contribution in [2.75, 3.05) is 0 Å². The zero-order valence-electron chi connectivity index (χ0n) is 8.70. The van der Waals surface area contributed by atoms with E-state index in [1.165, 1.54) is 0 Å². The number of allylic oxidation sites excluding steroid dienone is 4. The summed E-state index contributed by atoms with van der Waals surface area (Å²) in [7, 11) is 0. The van der Waals surface area contributed by atoms with Crippen LogP contribution in [0.3, 0.4) is 0 Å². The fourth-order valence-corrected chi connectivity index (χ4v) is 1.13. The fourth-order valence-electron chi connectivity index (χ4n) is 1.13. The average molecular weight is 188 g/mol. The second kappa shape index (κ2) is 5.28. The lowest BCUT2D eigenvalue weighted by molar-refractivity contribution is 0.470. The summed E-state index contributed by atoms with van der Waals surface area (Å²) in [5, 5.41) is 9.10. The first kappa shape index (κ1) is 10.6. The molecule has 1 aliphatic rings. The van der Waals surface area contributed by atoms with Crippen molar-refractivity contribution < 1.29 is 5.11 Å². The lowest BCUT2D eigenvalue weighted by Gasteiger charge is -1.99. The monoisotopic (exact) mass is 188 g/mol. The summed E-state index contributed by atoms with van der Waals surface area (Å²) in [6, 6.07) is 5.52. The quantitative estimate of drug-likeness (QED) is 0.660. The highest BCUT2D eigenvalue weighted by molar-refractivity contribution is 5.36. The molecule has 0 saturated heterocycles. The van der Waals surface area contributed by atoms with Crippen LogP contribution in [0.15, 0.2) is 42.5 Å². The van der Waals surface area contributed by atoms with Crippen molar-refractivity contribution in [2.45, 2.75) is 20.3 Å². The molecule has 0 aliphatic heterocycles. The molecule has 0 bridgehead atoms. The van der Waals surface area contributed by atoms with E-state index in [2.05, 4.69) is 24.3 Å². The normalized spacial score (nSPS) is 12.4. The lowest BCUT2D eigenvalue weighted by atomic mass is 10.1. The van der Waals surface area contributed by atoms with E-state index in [0.29, 0.717) is 5.75 Å².